The molecule has 0 saturated carbocycles. The maximum absolute atomic E-state index is 5.97. The van der Waals surface area contributed by atoms with Gasteiger partial charge in [-0.25, -0.2) is 0 Å². The van der Waals surface area contributed by atoms with Gasteiger partial charge in [0.2, 0.25) is 0 Å². The topological polar surface area (TPSA) is 30.7 Å². The number of hydrogen-bond acceptors (Lipinski definition) is 3. The van der Waals surface area contributed by atoms with Crippen LogP contribution in [0.3, 0.4) is 0 Å². The van der Waals surface area contributed by atoms with E-state index in [9.17, 15) is 0 Å². The zero-order valence-electron chi connectivity index (χ0n) is 12.8. The third-order valence-corrected chi connectivity index (χ3v) is 5.23. The molecule has 6 heteroatoms. The van der Waals surface area contributed by atoms with Gasteiger partial charge in [0.1, 0.15) is 0 Å². The molecular weight excluding hydrogens is 406 g/mol. The second-order valence-corrected chi connectivity index (χ2v) is 7.42. The molecular formula is C18H15BrClN3S. The third kappa shape index (κ3) is 4.09. The number of halogens is 2. The third-order valence-electron chi connectivity index (χ3n) is 3.41. The summed E-state index contributed by atoms with van der Waals surface area (Å²) in [5, 5.41) is 10.3. The highest BCUT2D eigenvalue weighted by atomic mass is 79.9. The van der Waals surface area contributed by atoms with Crippen molar-refractivity contribution in [2.75, 3.05) is 0 Å². The molecule has 0 aliphatic rings. The Hall–Kier alpha value is -1.56. The molecule has 0 aliphatic carbocycles. The van der Waals surface area contributed by atoms with Gasteiger partial charge in [-0.1, -0.05) is 57.5 Å². The first-order chi connectivity index (χ1) is 11.7. The van der Waals surface area contributed by atoms with Crippen LogP contribution in [0.5, 0.6) is 0 Å². The lowest BCUT2D eigenvalue weighted by molar-refractivity contribution is 0.731. The fourth-order valence-electron chi connectivity index (χ4n) is 2.23. The summed E-state index contributed by atoms with van der Waals surface area (Å²) in [6, 6.07) is 15.9. The predicted octanol–water partition coefficient (Wildman–Crippen LogP) is 5.84. The monoisotopic (exact) mass is 419 g/mol. The standard InChI is InChI=1S/C18H15BrClN3S/c1-2-11-23-17(14-5-9-16(20)10-6-14)21-22-18(23)24-12-13-3-7-15(19)8-4-13/h2-10H,1,11-12H2. The molecule has 0 unspecified atom stereocenters. The highest BCUT2D eigenvalue weighted by Crippen LogP contribution is 2.27. The molecule has 0 spiro atoms. The van der Waals surface area contributed by atoms with Crippen molar-refractivity contribution in [1.82, 2.24) is 14.8 Å². The van der Waals surface area contributed by atoms with E-state index in [1.54, 1.807) is 11.8 Å². The maximum Gasteiger partial charge on any atom is 0.192 e. The summed E-state index contributed by atoms with van der Waals surface area (Å²) in [5.74, 6) is 1.66. The van der Waals surface area contributed by atoms with Crippen molar-refractivity contribution >= 4 is 39.3 Å². The molecule has 1 heterocycles. The van der Waals surface area contributed by atoms with E-state index in [2.05, 4.69) is 49.4 Å². The minimum Gasteiger partial charge on any atom is -0.298 e. The first-order valence-corrected chi connectivity index (χ1v) is 9.50. The summed E-state index contributed by atoms with van der Waals surface area (Å²) < 4.78 is 3.15. The van der Waals surface area contributed by atoms with E-state index in [4.69, 9.17) is 11.6 Å². The number of benzene rings is 2. The minimum atomic E-state index is 0.660. The summed E-state index contributed by atoms with van der Waals surface area (Å²) in [6.07, 6.45) is 1.85. The quantitative estimate of drug-likeness (QED) is 0.371. The van der Waals surface area contributed by atoms with Crippen molar-refractivity contribution in [3.8, 4) is 11.4 Å². The minimum absolute atomic E-state index is 0.660. The Kier molecular flexibility index (Phi) is 5.76. The van der Waals surface area contributed by atoms with E-state index in [1.165, 1.54) is 5.56 Å². The van der Waals surface area contributed by atoms with Crippen LogP contribution in [0.4, 0.5) is 0 Å². The first-order valence-electron chi connectivity index (χ1n) is 7.34. The number of nitrogens with zero attached hydrogens (tertiary/aromatic N) is 3. The molecule has 0 aliphatic heterocycles. The lowest BCUT2D eigenvalue weighted by Gasteiger charge is -2.08. The summed E-state index contributed by atoms with van der Waals surface area (Å²) in [5.41, 5.74) is 2.23. The first kappa shape index (κ1) is 17.3. The second-order valence-electron chi connectivity index (χ2n) is 5.13. The molecule has 0 N–H and O–H groups in total. The van der Waals surface area contributed by atoms with Crippen LogP contribution >= 0.6 is 39.3 Å². The van der Waals surface area contributed by atoms with Gasteiger partial charge in [0, 0.05) is 27.4 Å². The summed E-state index contributed by atoms with van der Waals surface area (Å²) in [4.78, 5) is 0. The smallest absolute Gasteiger partial charge is 0.192 e. The Balaban J connectivity index is 1.84. The molecule has 24 heavy (non-hydrogen) atoms. The van der Waals surface area contributed by atoms with Gasteiger partial charge >= 0.3 is 0 Å². The van der Waals surface area contributed by atoms with E-state index in [0.717, 1.165) is 26.8 Å². The van der Waals surface area contributed by atoms with E-state index in [-0.39, 0.29) is 0 Å². The van der Waals surface area contributed by atoms with Crippen LogP contribution in [0.15, 0.2) is 70.8 Å². The average molecular weight is 421 g/mol. The predicted molar refractivity (Wildman–Crippen MR) is 104 cm³/mol. The van der Waals surface area contributed by atoms with E-state index >= 15 is 0 Å². The molecule has 0 amide bonds. The van der Waals surface area contributed by atoms with Crippen LogP contribution in [0.1, 0.15) is 5.56 Å². The van der Waals surface area contributed by atoms with Crippen LogP contribution in [-0.4, -0.2) is 14.8 Å². The van der Waals surface area contributed by atoms with Gasteiger partial charge in [0.05, 0.1) is 0 Å². The van der Waals surface area contributed by atoms with Crippen LogP contribution in [0, 0.1) is 0 Å². The molecule has 122 valence electrons. The van der Waals surface area contributed by atoms with Gasteiger partial charge in [-0.3, -0.25) is 4.57 Å². The summed E-state index contributed by atoms with van der Waals surface area (Å²) >= 11 is 11.1. The molecule has 0 fully saturated rings. The lowest BCUT2D eigenvalue weighted by atomic mass is 10.2. The number of rotatable bonds is 6. The van der Waals surface area contributed by atoms with Crippen molar-refractivity contribution in [2.24, 2.45) is 0 Å². The molecule has 0 radical (unpaired) electrons. The Morgan fingerprint density at radius 3 is 2.46 bits per heavy atom. The SMILES string of the molecule is C=CCn1c(SCc2ccc(Br)cc2)nnc1-c1ccc(Cl)cc1. The van der Waals surface area contributed by atoms with E-state index < -0.39 is 0 Å². The van der Waals surface area contributed by atoms with Crippen molar-refractivity contribution < 1.29 is 0 Å². The molecule has 0 atom stereocenters. The van der Waals surface area contributed by atoms with Gasteiger partial charge in [0.15, 0.2) is 11.0 Å². The zero-order chi connectivity index (χ0) is 16.9. The van der Waals surface area contributed by atoms with Gasteiger partial charge in [-0.2, -0.15) is 0 Å². The number of allylic oxidation sites excluding steroid dienone is 1. The van der Waals surface area contributed by atoms with Crippen LogP contribution in [0.25, 0.3) is 11.4 Å². The van der Waals surface area contributed by atoms with Gasteiger partial charge < -0.3 is 0 Å². The van der Waals surface area contributed by atoms with Crippen LogP contribution in [-0.2, 0) is 12.3 Å². The van der Waals surface area contributed by atoms with Crippen molar-refractivity contribution in [2.45, 2.75) is 17.5 Å². The highest BCUT2D eigenvalue weighted by Gasteiger charge is 2.13. The largest absolute Gasteiger partial charge is 0.298 e. The van der Waals surface area contributed by atoms with Crippen molar-refractivity contribution in [1.29, 1.82) is 0 Å². The lowest BCUT2D eigenvalue weighted by Crippen LogP contribution is -2.00. The number of hydrogen-bond donors (Lipinski definition) is 0. The van der Waals surface area contributed by atoms with Gasteiger partial charge in [-0.15, -0.1) is 16.8 Å². The fraction of sp³-hybridized carbons (Fsp3) is 0.111. The molecule has 3 rings (SSSR count). The average Bonchev–Trinajstić information content (AvgIpc) is 2.98. The Morgan fingerprint density at radius 2 is 1.79 bits per heavy atom. The fourth-order valence-corrected chi connectivity index (χ4v) is 3.52. The molecule has 0 bridgehead atoms. The zero-order valence-corrected chi connectivity index (χ0v) is 16.0. The van der Waals surface area contributed by atoms with E-state index in [0.29, 0.717) is 11.6 Å². The summed E-state index contributed by atoms with van der Waals surface area (Å²) in [6.45, 7) is 4.50. The second kappa shape index (κ2) is 8.01. The molecule has 3 nitrogen and oxygen atoms in total. The number of aromatic nitrogens is 3. The Bertz CT molecular complexity index is 828. The molecule has 3 aromatic rings. The Labute approximate surface area is 158 Å². The molecule has 1 aromatic heterocycles. The number of thioether (sulfide) groups is 1. The van der Waals surface area contributed by atoms with Crippen molar-refractivity contribution in [3.63, 3.8) is 0 Å². The van der Waals surface area contributed by atoms with E-state index in [1.807, 2.05) is 42.5 Å². The van der Waals surface area contributed by atoms with Crippen LogP contribution in [0.2, 0.25) is 5.02 Å². The molecule has 0 saturated heterocycles. The normalized spacial score (nSPS) is 10.8. The van der Waals surface area contributed by atoms with Gasteiger partial charge in [0.25, 0.3) is 0 Å². The van der Waals surface area contributed by atoms with Gasteiger partial charge in [-0.05, 0) is 42.0 Å². The maximum atomic E-state index is 5.97. The molecule has 2 aromatic carbocycles. The highest BCUT2D eigenvalue weighted by molar-refractivity contribution is 9.10. The van der Waals surface area contributed by atoms with Crippen LogP contribution < -0.4 is 0 Å². The Morgan fingerprint density at radius 1 is 1.08 bits per heavy atom. The van der Waals surface area contributed by atoms with Crippen molar-refractivity contribution in [3.05, 3.63) is 76.2 Å². The summed E-state index contributed by atoms with van der Waals surface area (Å²) in [7, 11) is 0.